The first-order valence-corrected chi connectivity index (χ1v) is 8.26. The van der Waals surface area contributed by atoms with Gasteiger partial charge in [-0.25, -0.2) is 0 Å². The van der Waals surface area contributed by atoms with Crippen LogP contribution in [0.1, 0.15) is 44.2 Å². The molecule has 5 nitrogen and oxygen atoms in total. The van der Waals surface area contributed by atoms with E-state index >= 15 is 0 Å². The average molecular weight is 580 g/mol. The quantitative estimate of drug-likeness (QED) is 0.596. The van der Waals surface area contributed by atoms with Crippen molar-refractivity contribution in [3.63, 3.8) is 0 Å². The molecule has 2 heterocycles. The van der Waals surface area contributed by atoms with Gasteiger partial charge in [0.1, 0.15) is 0 Å². The van der Waals surface area contributed by atoms with E-state index in [0.29, 0.717) is 31.4 Å². The summed E-state index contributed by atoms with van der Waals surface area (Å²) in [5.74, 6) is 1.12. The Morgan fingerprint density at radius 3 is 2.65 bits per heavy atom. The Morgan fingerprint density at radius 1 is 1.35 bits per heavy atom. The van der Waals surface area contributed by atoms with Crippen LogP contribution < -0.4 is 5.73 Å². The number of ketones is 1. The van der Waals surface area contributed by atoms with Gasteiger partial charge in [-0.3, -0.25) is 9.79 Å². The van der Waals surface area contributed by atoms with Gasteiger partial charge in [-0.15, -0.1) is 11.2 Å². The number of fused-ring (bicyclic) bond motifs is 1. The smallest absolute Gasteiger partial charge is 0.191 e. The molecule has 133 valence electrons. The minimum absolute atomic E-state index is 0. The van der Waals surface area contributed by atoms with Gasteiger partial charge in [0.2, 0.25) is 0 Å². The van der Waals surface area contributed by atoms with Gasteiger partial charge in [0.25, 0.3) is 0 Å². The molecule has 0 saturated heterocycles. The van der Waals surface area contributed by atoms with Gasteiger partial charge in [0, 0.05) is 111 Å². The second kappa shape index (κ2) is 11.5. The third-order valence-electron chi connectivity index (χ3n) is 4.59. The van der Waals surface area contributed by atoms with Crippen LogP contribution in [0.5, 0.6) is 0 Å². The molecule has 2 aliphatic rings. The molecule has 0 unspecified atom stereocenters. The molecule has 0 amide bonds. The standard InChI is InChI=1S/C18H25N4O.3Y/c1-12-10-18(2,3)21-16-5-4-13(9-15(12)16)8-14(23)11-22-7-6-20-17(22)19;;;/h4-5,9,12H,6-8,10-11H2,1-3H3,(H2,19,20);;;/q-1;;;/t12-;;;/m0.../s1. The summed E-state index contributed by atoms with van der Waals surface area (Å²) in [7, 11) is 0. The van der Waals surface area contributed by atoms with Crippen LogP contribution in [0.25, 0.3) is 5.32 Å². The summed E-state index contributed by atoms with van der Waals surface area (Å²) in [4.78, 5) is 18.3. The van der Waals surface area contributed by atoms with Crippen LogP contribution in [0.15, 0.2) is 23.2 Å². The van der Waals surface area contributed by atoms with E-state index < -0.39 is 0 Å². The number of carbonyl (C=O) groups excluding carboxylic acids is 1. The number of benzene rings is 1. The zero-order valence-electron chi connectivity index (χ0n) is 15.9. The molecule has 0 aromatic heterocycles. The second-order valence-corrected chi connectivity index (χ2v) is 7.30. The maximum absolute atomic E-state index is 12.3. The van der Waals surface area contributed by atoms with Gasteiger partial charge in [-0.2, -0.15) is 0 Å². The number of nitrogens with zero attached hydrogens (tertiary/aromatic N) is 3. The Bertz CT molecular complexity index is 664. The molecule has 0 fully saturated rings. The third-order valence-corrected chi connectivity index (χ3v) is 4.59. The molecule has 0 saturated carbocycles. The molecule has 3 radical (unpaired) electrons. The SMILES string of the molecule is C[C@H]1CC(C)(C)[N-]c2ccc(CC(=O)CN3CCN=C3N)cc21.[Y].[Y].[Y]. The average Bonchev–Trinajstić information content (AvgIpc) is 2.84. The number of aliphatic imine (C=N–C) groups is 1. The second-order valence-electron chi connectivity index (χ2n) is 7.30. The molecule has 0 spiro atoms. The van der Waals surface area contributed by atoms with Crippen LogP contribution in [0, 0.1) is 0 Å². The van der Waals surface area contributed by atoms with E-state index in [1.54, 1.807) is 0 Å². The van der Waals surface area contributed by atoms with Gasteiger partial charge in [0.05, 0.1) is 13.1 Å². The maximum atomic E-state index is 12.3. The minimum atomic E-state index is -0.00360. The number of hydrogen-bond acceptors (Lipinski definition) is 4. The van der Waals surface area contributed by atoms with Crippen molar-refractivity contribution in [2.45, 2.75) is 45.1 Å². The molecule has 1 aromatic rings. The first kappa shape index (κ1) is 27.3. The van der Waals surface area contributed by atoms with Crippen LogP contribution in [-0.2, 0) is 109 Å². The summed E-state index contributed by atoms with van der Waals surface area (Å²) in [5, 5.41) is 4.82. The van der Waals surface area contributed by atoms with E-state index in [0.717, 1.165) is 24.2 Å². The number of carbonyl (C=O) groups is 1. The number of nitrogens with two attached hydrogens (primary N) is 1. The minimum Gasteiger partial charge on any atom is -0.679 e. The first-order valence-electron chi connectivity index (χ1n) is 8.26. The Balaban J connectivity index is 0.00000208. The molecular formula is C18H25N4OY3-. The Hall–Kier alpha value is 1.27. The Morgan fingerprint density at radius 2 is 2.04 bits per heavy atom. The summed E-state index contributed by atoms with van der Waals surface area (Å²) in [5.41, 5.74) is 9.15. The van der Waals surface area contributed by atoms with E-state index in [9.17, 15) is 4.79 Å². The van der Waals surface area contributed by atoms with Crippen molar-refractivity contribution in [1.82, 2.24) is 4.90 Å². The monoisotopic (exact) mass is 580 g/mol. The van der Waals surface area contributed by atoms with Crippen LogP contribution in [0.3, 0.4) is 0 Å². The zero-order valence-corrected chi connectivity index (χ0v) is 24.4. The number of rotatable bonds is 4. The van der Waals surface area contributed by atoms with E-state index in [-0.39, 0.29) is 109 Å². The van der Waals surface area contributed by atoms with Crippen molar-refractivity contribution in [3.05, 3.63) is 34.6 Å². The van der Waals surface area contributed by atoms with Crippen molar-refractivity contribution in [1.29, 1.82) is 0 Å². The summed E-state index contributed by atoms with van der Waals surface area (Å²) < 4.78 is 0. The molecule has 2 aliphatic heterocycles. The van der Waals surface area contributed by atoms with Gasteiger partial charge in [-0.05, 0) is 11.5 Å². The molecule has 2 N–H and O–H groups in total. The van der Waals surface area contributed by atoms with Crippen molar-refractivity contribution >= 4 is 17.4 Å². The fourth-order valence-electron chi connectivity index (χ4n) is 3.60. The molecule has 3 rings (SSSR count). The van der Waals surface area contributed by atoms with Crippen molar-refractivity contribution < 1.29 is 103 Å². The molecular weight excluding hydrogens is 555 g/mol. The summed E-state index contributed by atoms with van der Waals surface area (Å²) >= 11 is 0. The van der Waals surface area contributed by atoms with Crippen LogP contribution in [0.2, 0.25) is 0 Å². The van der Waals surface area contributed by atoms with Gasteiger partial charge in [0.15, 0.2) is 11.7 Å². The molecule has 1 atom stereocenters. The summed E-state index contributed by atoms with van der Waals surface area (Å²) in [6.45, 7) is 8.36. The van der Waals surface area contributed by atoms with Gasteiger partial charge < -0.3 is 16.0 Å². The van der Waals surface area contributed by atoms with Crippen molar-refractivity contribution in [3.8, 4) is 0 Å². The predicted octanol–water partition coefficient (Wildman–Crippen LogP) is 2.71. The Kier molecular flexibility index (Phi) is 12.0. The summed E-state index contributed by atoms with van der Waals surface area (Å²) in [6.07, 6.45) is 1.48. The zero-order chi connectivity index (χ0) is 16.6. The predicted molar refractivity (Wildman–Crippen MR) is 93.3 cm³/mol. The van der Waals surface area contributed by atoms with Crippen LogP contribution >= 0.6 is 0 Å². The topological polar surface area (TPSA) is 72.8 Å². The number of hydrogen-bond donors (Lipinski definition) is 1. The van der Waals surface area contributed by atoms with E-state index in [1.165, 1.54) is 5.56 Å². The molecule has 0 aliphatic carbocycles. The normalized spacial score (nSPS) is 19.7. The molecule has 1 aromatic carbocycles. The molecule has 26 heavy (non-hydrogen) atoms. The van der Waals surface area contributed by atoms with Crippen molar-refractivity contribution in [2.24, 2.45) is 10.7 Å². The Labute approximate surface area is 232 Å². The maximum Gasteiger partial charge on any atom is 0.191 e. The van der Waals surface area contributed by atoms with E-state index in [2.05, 4.69) is 37.9 Å². The third kappa shape index (κ3) is 6.95. The fraction of sp³-hybridized carbons (Fsp3) is 0.556. The van der Waals surface area contributed by atoms with Crippen LogP contribution in [0.4, 0.5) is 5.69 Å². The fourth-order valence-corrected chi connectivity index (χ4v) is 3.60. The van der Waals surface area contributed by atoms with Crippen molar-refractivity contribution in [2.75, 3.05) is 19.6 Å². The first-order chi connectivity index (χ1) is 10.8. The summed E-state index contributed by atoms with van der Waals surface area (Å²) in [6, 6.07) is 6.23. The van der Waals surface area contributed by atoms with E-state index in [4.69, 9.17) is 11.1 Å². The van der Waals surface area contributed by atoms with E-state index in [1.807, 2.05) is 11.0 Å². The van der Waals surface area contributed by atoms with Gasteiger partial charge in [-0.1, -0.05) is 51.0 Å². The molecule has 0 bridgehead atoms. The van der Waals surface area contributed by atoms with Gasteiger partial charge >= 0.3 is 0 Å². The largest absolute Gasteiger partial charge is 0.679 e. The molecule has 8 heteroatoms. The number of Topliss-reactive ketones (excluding diaryl/α,β-unsaturated/α-hetero) is 1. The number of guanidine groups is 1. The van der Waals surface area contributed by atoms with Crippen LogP contribution in [-0.4, -0.2) is 41.8 Å².